The van der Waals surface area contributed by atoms with Crippen LogP contribution in [0.3, 0.4) is 0 Å². The Kier molecular flexibility index (Phi) is 4.85. The number of nitrogens with zero attached hydrogens (tertiary/aromatic N) is 1. The van der Waals surface area contributed by atoms with Crippen molar-refractivity contribution in [3.63, 3.8) is 0 Å². The first-order valence-corrected chi connectivity index (χ1v) is 9.04. The molecule has 3 rings (SSSR count). The molecular formula is C17H25NO3S. The molecule has 0 bridgehead atoms. The summed E-state index contributed by atoms with van der Waals surface area (Å²) in [5, 5.41) is 12.4. The van der Waals surface area contributed by atoms with Crippen LogP contribution in [0.2, 0.25) is 0 Å². The van der Waals surface area contributed by atoms with Crippen molar-refractivity contribution in [2.75, 3.05) is 26.8 Å². The molecular weight excluding hydrogens is 298 g/mol. The molecule has 0 radical (unpaired) electrons. The minimum atomic E-state index is -0.381. The van der Waals surface area contributed by atoms with Crippen molar-refractivity contribution in [2.45, 2.75) is 38.2 Å². The van der Waals surface area contributed by atoms with Gasteiger partial charge in [0.05, 0.1) is 18.1 Å². The largest absolute Gasteiger partial charge is 0.387 e. The Morgan fingerprint density at radius 2 is 2.23 bits per heavy atom. The van der Waals surface area contributed by atoms with Gasteiger partial charge in [-0.25, -0.2) is 0 Å². The number of likely N-dealkylation sites (tertiary alicyclic amines) is 1. The normalized spacial score (nSPS) is 23.1. The highest BCUT2D eigenvalue weighted by atomic mass is 32.1. The number of aliphatic hydroxyl groups is 1. The van der Waals surface area contributed by atoms with Crippen LogP contribution in [0.5, 0.6) is 0 Å². The summed E-state index contributed by atoms with van der Waals surface area (Å²) >= 11 is 1.61. The molecule has 1 aromatic heterocycles. The van der Waals surface area contributed by atoms with Gasteiger partial charge in [-0.15, -0.1) is 11.3 Å². The lowest BCUT2D eigenvalue weighted by molar-refractivity contribution is -0.154. The Balaban J connectivity index is 1.56. The van der Waals surface area contributed by atoms with Gasteiger partial charge in [0.2, 0.25) is 5.91 Å². The second-order valence-corrected chi connectivity index (χ2v) is 7.64. The van der Waals surface area contributed by atoms with Crippen LogP contribution < -0.4 is 0 Å². The number of ether oxygens (including phenoxy) is 1. The minimum absolute atomic E-state index is 0.256. The first-order chi connectivity index (χ1) is 10.7. The van der Waals surface area contributed by atoms with Crippen LogP contribution in [0, 0.1) is 11.3 Å². The van der Waals surface area contributed by atoms with Crippen LogP contribution in [0.4, 0.5) is 0 Å². The van der Waals surface area contributed by atoms with E-state index in [2.05, 4.69) is 0 Å². The van der Waals surface area contributed by atoms with Gasteiger partial charge in [-0.2, -0.15) is 0 Å². The predicted octanol–water partition coefficient (Wildman–Crippen LogP) is 2.84. The first-order valence-electron chi connectivity index (χ1n) is 8.16. The zero-order valence-corrected chi connectivity index (χ0v) is 14.0. The molecule has 1 N–H and O–H groups in total. The Labute approximate surface area is 136 Å². The van der Waals surface area contributed by atoms with E-state index in [1.54, 1.807) is 18.4 Å². The number of aliphatic hydroxyl groups excluding tert-OH is 1. The molecule has 1 aliphatic carbocycles. The number of hydrogen-bond acceptors (Lipinski definition) is 4. The van der Waals surface area contributed by atoms with Crippen LogP contribution in [0.25, 0.3) is 0 Å². The number of carbonyl (C=O) groups is 1. The minimum Gasteiger partial charge on any atom is -0.387 e. The van der Waals surface area contributed by atoms with Gasteiger partial charge in [0.25, 0.3) is 0 Å². The number of thiophene rings is 1. The summed E-state index contributed by atoms with van der Waals surface area (Å²) in [6.07, 6.45) is 4.42. The number of hydrogen-bond donors (Lipinski definition) is 1. The molecule has 1 aromatic rings. The number of rotatable bonds is 5. The molecule has 122 valence electrons. The van der Waals surface area contributed by atoms with E-state index in [4.69, 9.17) is 4.74 Å². The first kappa shape index (κ1) is 16.0. The Morgan fingerprint density at radius 3 is 2.73 bits per heavy atom. The fourth-order valence-corrected chi connectivity index (χ4v) is 4.55. The van der Waals surface area contributed by atoms with E-state index in [9.17, 15) is 9.90 Å². The summed E-state index contributed by atoms with van der Waals surface area (Å²) in [7, 11) is 1.68. The van der Waals surface area contributed by atoms with Gasteiger partial charge in [-0.1, -0.05) is 12.5 Å². The summed E-state index contributed by atoms with van der Waals surface area (Å²) < 4.78 is 5.28. The standard InChI is InChI=1S/C17H25NO3S/c1-21-12-17(7-3-8-17)16(20)18-9-5-13(6-10-18)15(19)14-4-2-11-22-14/h2,4,11,13,15,19H,3,5-10,12H2,1H3. The molecule has 2 heterocycles. The maximum atomic E-state index is 12.8. The second kappa shape index (κ2) is 6.69. The maximum absolute atomic E-state index is 12.8. The predicted molar refractivity (Wildman–Crippen MR) is 86.7 cm³/mol. The smallest absolute Gasteiger partial charge is 0.231 e. The molecule has 2 aliphatic rings. The highest BCUT2D eigenvalue weighted by Crippen LogP contribution is 2.43. The van der Waals surface area contributed by atoms with Gasteiger partial charge >= 0.3 is 0 Å². The zero-order valence-electron chi connectivity index (χ0n) is 13.2. The van der Waals surface area contributed by atoms with Gasteiger partial charge < -0.3 is 14.7 Å². The van der Waals surface area contributed by atoms with Gasteiger partial charge in [0.15, 0.2) is 0 Å². The van der Waals surface area contributed by atoms with E-state index < -0.39 is 0 Å². The Morgan fingerprint density at radius 1 is 1.50 bits per heavy atom. The van der Waals surface area contributed by atoms with E-state index in [1.807, 2.05) is 22.4 Å². The third kappa shape index (κ3) is 2.94. The maximum Gasteiger partial charge on any atom is 0.231 e. The molecule has 1 unspecified atom stereocenters. The van der Waals surface area contributed by atoms with Crippen molar-refractivity contribution in [3.05, 3.63) is 22.4 Å². The third-order valence-electron chi connectivity index (χ3n) is 5.29. The van der Waals surface area contributed by atoms with Crippen molar-refractivity contribution in [2.24, 2.45) is 11.3 Å². The molecule has 1 aliphatic heterocycles. The lowest BCUT2D eigenvalue weighted by Gasteiger charge is -2.45. The van der Waals surface area contributed by atoms with E-state index in [0.717, 1.165) is 50.1 Å². The summed E-state index contributed by atoms with van der Waals surface area (Å²) in [6.45, 7) is 2.07. The zero-order chi connectivity index (χ0) is 15.6. The van der Waals surface area contributed by atoms with Crippen LogP contribution in [-0.4, -0.2) is 42.7 Å². The summed E-state index contributed by atoms with van der Waals surface area (Å²) in [5.41, 5.74) is -0.256. The van der Waals surface area contributed by atoms with Crippen LogP contribution in [0.15, 0.2) is 17.5 Å². The summed E-state index contributed by atoms with van der Waals surface area (Å²) in [4.78, 5) is 15.8. The van der Waals surface area contributed by atoms with Gasteiger partial charge in [-0.3, -0.25) is 4.79 Å². The average Bonchev–Trinajstić information content (AvgIpc) is 3.04. The molecule has 2 fully saturated rings. The lowest BCUT2D eigenvalue weighted by Crippen LogP contribution is -2.52. The second-order valence-electron chi connectivity index (χ2n) is 6.66. The van der Waals surface area contributed by atoms with Crippen LogP contribution in [-0.2, 0) is 9.53 Å². The molecule has 22 heavy (non-hydrogen) atoms. The molecule has 5 heteroatoms. The molecule has 1 amide bonds. The number of methoxy groups -OCH3 is 1. The van der Waals surface area contributed by atoms with E-state index >= 15 is 0 Å². The quantitative estimate of drug-likeness (QED) is 0.906. The molecule has 4 nitrogen and oxygen atoms in total. The van der Waals surface area contributed by atoms with Crippen LogP contribution in [0.1, 0.15) is 43.1 Å². The fourth-order valence-electron chi connectivity index (χ4n) is 3.75. The van der Waals surface area contributed by atoms with Gasteiger partial charge in [-0.05, 0) is 43.0 Å². The topological polar surface area (TPSA) is 49.8 Å². The molecule has 1 saturated heterocycles. The molecule has 1 saturated carbocycles. The van der Waals surface area contributed by atoms with Crippen molar-refractivity contribution in [1.29, 1.82) is 0 Å². The summed E-state index contributed by atoms with van der Waals surface area (Å²) in [5.74, 6) is 0.534. The summed E-state index contributed by atoms with van der Waals surface area (Å²) in [6, 6.07) is 3.97. The molecule has 0 aromatic carbocycles. The third-order valence-corrected chi connectivity index (χ3v) is 6.24. The Hall–Kier alpha value is -0.910. The van der Waals surface area contributed by atoms with Crippen molar-refractivity contribution >= 4 is 17.2 Å². The number of carbonyl (C=O) groups excluding carboxylic acids is 1. The highest BCUT2D eigenvalue weighted by Gasteiger charge is 2.47. The van der Waals surface area contributed by atoms with Crippen molar-refractivity contribution < 1.29 is 14.6 Å². The molecule has 1 atom stereocenters. The van der Waals surface area contributed by atoms with E-state index in [1.165, 1.54) is 0 Å². The van der Waals surface area contributed by atoms with E-state index in [0.29, 0.717) is 6.61 Å². The average molecular weight is 323 g/mol. The van der Waals surface area contributed by atoms with Gasteiger partial charge in [0.1, 0.15) is 0 Å². The highest BCUT2D eigenvalue weighted by molar-refractivity contribution is 7.10. The van der Waals surface area contributed by atoms with Gasteiger partial charge in [0, 0.05) is 25.1 Å². The van der Waals surface area contributed by atoms with Crippen molar-refractivity contribution in [3.8, 4) is 0 Å². The monoisotopic (exact) mass is 323 g/mol. The SMILES string of the molecule is COCC1(C(=O)N2CCC(C(O)c3cccs3)CC2)CCC1. The fraction of sp³-hybridized carbons (Fsp3) is 0.706. The number of amides is 1. The van der Waals surface area contributed by atoms with Crippen molar-refractivity contribution in [1.82, 2.24) is 4.90 Å². The number of piperidine rings is 1. The van der Waals surface area contributed by atoms with Crippen LogP contribution >= 0.6 is 11.3 Å². The van der Waals surface area contributed by atoms with E-state index in [-0.39, 0.29) is 23.3 Å². The Bertz CT molecular complexity index is 490. The lowest BCUT2D eigenvalue weighted by atomic mass is 9.68. The molecule has 0 spiro atoms.